The minimum absolute atomic E-state index is 0.148. The molecule has 4 saturated carbocycles. The summed E-state index contributed by atoms with van der Waals surface area (Å²) < 4.78 is 21.9. The molecule has 8 rings (SSSR count). The molecule has 12 heteroatoms. The van der Waals surface area contributed by atoms with Crippen LogP contribution in [0.15, 0.2) is 34.9 Å². The van der Waals surface area contributed by atoms with E-state index in [9.17, 15) is 4.79 Å². The minimum Gasteiger partial charge on any atom is -0.493 e. The number of benzene rings is 2. The molecule has 2 heterocycles. The molecular formula is C31H34N6O5S. The number of nitrogens with one attached hydrogen (secondary N) is 2. The normalized spacial score (nSPS) is 24.9. The number of aromatic nitrogens is 3. The Kier molecular flexibility index (Phi) is 6.31. The number of anilines is 4. The Morgan fingerprint density at radius 1 is 1.05 bits per heavy atom. The molecular weight excluding hydrogens is 568 g/mol. The van der Waals surface area contributed by atoms with E-state index in [4.69, 9.17) is 24.5 Å². The fourth-order valence-corrected chi connectivity index (χ4v) is 8.57. The van der Waals surface area contributed by atoms with Crippen LogP contribution in [0.25, 0.3) is 22.2 Å². The zero-order chi connectivity index (χ0) is 30.1. The van der Waals surface area contributed by atoms with Crippen molar-refractivity contribution in [2.45, 2.75) is 39.5 Å². The van der Waals surface area contributed by atoms with Crippen LogP contribution in [0.1, 0.15) is 38.2 Å². The van der Waals surface area contributed by atoms with Gasteiger partial charge >= 0.3 is 0 Å². The van der Waals surface area contributed by atoms with E-state index in [0.717, 1.165) is 29.7 Å². The first-order valence-electron chi connectivity index (χ1n) is 14.3. The Hall–Kier alpha value is -4.32. The van der Waals surface area contributed by atoms with Crippen molar-refractivity contribution in [1.82, 2.24) is 15.1 Å². The number of carbonyl (C=O) groups is 1. The predicted molar refractivity (Wildman–Crippen MR) is 164 cm³/mol. The summed E-state index contributed by atoms with van der Waals surface area (Å²) in [6.07, 6.45) is 4.38. The summed E-state index contributed by atoms with van der Waals surface area (Å²) in [6.45, 7) is 4.34. The topological polar surface area (TPSA) is 147 Å². The maximum absolute atomic E-state index is 13.6. The largest absolute Gasteiger partial charge is 0.493 e. The highest BCUT2D eigenvalue weighted by Crippen LogP contribution is 2.75. The van der Waals surface area contributed by atoms with E-state index in [1.165, 1.54) is 24.2 Å². The maximum Gasteiger partial charge on any atom is 0.272 e. The highest BCUT2D eigenvalue weighted by Gasteiger charge is 2.71. The number of nitrogens with two attached hydrogens (primary N) is 1. The molecule has 4 atom stereocenters. The summed E-state index contributed by atoms with van der Waals surface area (Å²) in [5, 5.41) is 11.2. The molecule has 0 radical (unpaired) electrons. The number of amides is 1. The minimum atomic E-state index is -0.221. The van der Waals surface area contributed by atoms with Crippen LogP contribution in [0.3, 0.4) is 0 Å². The van der Waals surface area contributed by atoms with Gasteiger partial charge in [0.25, 0.3) is 5.89 Å². The highest BCUT2D eigenvalue weighted by molar-refractivity contribution is 7.19. The number of rotatable bonds is 9. The molecule has 43 heavy (non-hydrogen) atoms. The van der Waals surface area contributed by atoms with Crippen molar-refractivity contribution < 1.29 is 23.5 Å². The standard InChI is InChI=1S/C31H34N6O5S/c1-15-6-7-18(33-28(38)31-13-16-8-17(31)12-30(16,2)14-31)9-20(15)26-36-27(42-37-26)24-25(32)35-29(43-24)34-19-10-21(39-3)23(41-5)22(11-19)40-4/h6-7,9-11,16-17H,8,12-14,32H2,1-5H3,(H,33,38)(H,34,35)/t16-,17+,30?,31+/m0/s1. The van der Waals surface area contributed by atoms with E-state index in [1.807, 2.05) is 25.1 Å². The molecule has 2 aromatic carbocycles. The van der Waals surface area contributed by atoms with Crippen molar-refractivity contribution in [2.75, 3.05) is 37.7 Å². The monoisotopic (exact) mass is 602 g/mol. The summed E-state index contributed by atoms with van der Waals surface area (Å²) >= 11 is 1.28. The number of hydrogen-bond acceptors (Lipinski definition) is 11. The lowest BCUT2D eigenvalue weighted by Gasteiger charge is -2.27. The summed E-state index contributed by atoms with van der Waals surface area (Å²) in [7, 11) is 4.66. The number of nitrogens with zero attached hydrogens (tertiary/aromatic N) is 3. The van der Waals surface area contributed by atoms with E-state index in [1.54, 1.807) is 33.5 Å². The highest BCUT2D eigenvalue weighted by atomic mass is 32.1. The third-order valence-corrected chi connectivity index (χ3v) is 10.7. The number of nitrogen functional groups attached to an aromatic ring is 1. The van der Waals surface area contributed by atoms with Gasteiger partial charge in [0.05, 0.1) is 26.7 Å². The number of methoxy groups -OCH3 is 3. The first kappa shape index (κ1) is 27.5. The number of carbonyl (C=O) groups excluding carboxylic acids is 1. The van der Waals surface area contributed by atoms with Crippen LogP contribution in [0.5, 0.6) is 17.2 Å². The number of ether oxygens (including phenoxy) is 3. The van der Waals surface area contributed by atoms with Gasteiger partial charge in [0.2, 0.25) is 17.5 Å². The van der Waals surface area contributed by atoms with Crippen molar-refractivity contribution in [2.24, 2.45) is 22.7 Å². The first-order valence-corrected chi connectivity index (χ1v) is 15.1. The summed E-state index contributed by atoms with van der Waals surface area (Å²) in [5.74, 6) is 3.76. The Morgan fingerprint density at radius 2 is 1.81 bits per heavy atom. The first-order chi connectivity index (χ1) is 20.7. The van der Waals surface area contributed by atoms with Crippen LogP contribution < -0.4 is 30.6 Å². The third-order valence-electron chi connectivity index (χ3n) is 9.76. The molecule has 0 saturated heterocycles. The second-order valence-corrected chi connectivity index (χ2v) is 13.2. The molecule has 0 aliphatic heterocycles. The second-order valence-electron chi connectivity index (χ2n) is 12.2. The molecule has 4 N–H and O–H groups in total. The van der Waals surface area contributed by atoms with E-state index < -0.39 is 0 Å². The summed E-state index contributed by atoms with van der Waals surface area (Å²) in [5.41, 5.74) is 9.53. The van der Waals surface area contributed by atoms with Gasteiger partial charge in [-0.3, -0.25) is 4.79 Å². The predicted octanol–water partition coefficient (Wildman–Crippen LogP) is 6.28. The quantitative estimate of drug-likeness (QED) is 0.200. The van der Waals surface area contributed by atoms with Gasteiger partial charge in [0.15, 0.2) is 16.6 Å². The van der Waals surface area contributed by atoms with E-state index >= 15 is 0 Å². The number of hydrogen-bond donors (Lipinski definition) is 3. The van der Waals surface area contributed by atoms with Crippen LogP contribution in [0.4, 0.5) is 22.3 Å². The van der Waals surface area contributed by atoms with Gasteiger partial charge in [-0.15, -0.1) is 0 Å². The second kappa shape index (κ2) is 9.87. The average molecular weight is 603 g/mol. The molecule has 1 unspecified atom stereocenters. The molecule has 11 nitrogen and oxygen atoms in total. The van der Waals surface area contributed by atoms with Crippen molar-refractivity contribution >= 4 is 39.6 Å². The van der Waals surface area contributed by atoms with Crippen molar-refractivity contribution in [3.05, 3.63) is 35.9 Å². The molecule has 1 amide bonds. The van der Waals surface area contributed by atoms with Crippen LogP contribution >= 0.6 is 11.3 Å². The Bertz CT molecular complexity index is 1730. The lowest BCUT2D eigenvalue weighted by atomic mass is 9.79. The van der Waals surface area contributed by atoms with Gasteiger partial charge in [0.1, 0.15) is 10.7 Å². The number of thiazole rings is 1. The van der Waals surface area contributed by atoms with Gasteiger partial charge in [-0.05, 0) is 67.6 Å². The van der Waals surface area contributed by atoms with Crippen molar-refractivity contribution in [3.8, 4) is 39.4 Å². The summed E-state index contributed by atoms with van der Waals surface area (Å²) in [4.78, 5) is 23.2. The Morgan fingerprint density at radius 3 is 2.42 bits per heavy atom. The van der Waals surface area contributed by atoms with Crippen LogP contribution in [0, 0.1) is 29.6 Å². The zero-order valence-corrected chi connectivity index (χ0v) is 25.6. The van der Waals surface area contributed by atoms with Gasteiger partial charge < -0.3 is 35.1 Å². The third kappa shape index (κ3) is 4.30. The Balaban J connectivity index is 1.11. The molecule has 4 aliphatic carbocycles. The summed E-state index contributed by atoms with van der Waals surface area (Å²) in [6, 6.07) is 9.37. The van der Waals surface area contributed by atoms with Gasteiger partial charge in [-0.1, -0.05) is 29.5 Å². The van der Waals surface area contributed by atoms with Crippen LogP contribution in [-0.2, 0) is 4.79 Å². The molecule has 4 fully saturated rings. The molecule has 4 bridgehead atoms. The van der Waals surface area contributed by atoms with Gasteiger partial charge in [-0.2, -0.15) is 4.98 Å². The smallest absolute Gasteiger partial charge is 0.272 e. The molecule has 4 aliphatic rings. The molecule has 4 aromatic rings. The van der Waals surface area contributed by atoms with Gasteiger partial charge in [0, 0.05) is 29.1 Å². The number of aryl methyl sites for hydroxylation is 1. The zero-order valence-electron chi connectivity index (χ0n) is 24.7. The lowest BCUT2D eigenvalue weighted by Crippen LogP contribution is -2.35. The van der Waals surface area contributed by atoms with E-state index in [0.29, 0.717) is 56.0 Å². The molecule has 0 spiro atoms. The SMILES string of the molecule is COc1cc(Nc2nc(N)c(-c3nc(-c4cc(NC(=O)[C@@]56C[C@@H]7C[C@@H]5CC7(C)C6)ccc4C)no3)s2)cc(OC)c1OC. The van der Waals surface area contributed by atoms with Crippen molar-refractivity contribution in [1.29, 1.82) is 0 Å². The van der Waals surface area contributed by atoms with E-state index in [-0.39, 0.29) is 23.0 Å². The Labute approximate surface area is 253 Å². The molecule has 2 aromatic heterocycles. The average Bonchev–Trinajstić information content (AvgIpc) is 3.82. The van der Waals surface area contributed by atoms with Gasteiger partial charge in [-0.25, -0.2) is 4.98 Å². The van der Waals surface area contributed by atoms with E-state index in [2.05, 4.69) is 32.7 Å². The van der Waals surface area contributed by atoms with Crippen LogP contribution in [0.2, 0.25) is 0 Å². The maximum atomic E-state index is 13.6. The fourth-order valence-electron chi connectivity index (χ4n) is 7.75. The lowest BCUT2D eigenvalue weighted by molar-refractivity contribution is -0.126. The fraction of sp³-hybridized carbons (Fsp3) is 0.419. The van der Waals surface area contributed by atoms with Crippen molar-refractivity contribution in [3.63, 3.8) is 0 Å². The van der Waals surface area contributed by atoms with Crippen LogP contribution in [-0.4, -0.2) is 42.4 Å². The molecule has 224 valence electrons.